The molecule has 5 aromatic rings. The van der Waals surface area contributed by atoms with Gasteiger partial charge in [0, 0.05) is 53.4 Å². The van der Waals surface area contributed by atoms with Crippen LogP contribution in [0.5, 0.6) is 0 Å². The first-order valence-corrected chi connectivity index (χ1v) is 11.5. The summed E-state index contributed by atoms with van der Waals surface area (Å²) in [5.41, 5.74) is 7.58. The summed E-state index contributed by atoms with van der Waals surface area (Å²) in [5, 5.41) is 12.0. The number of H-pyrrole nitrogens is 2. The number of nitrogens with zero attached hydrogens (tertiary/aromatic N) is 5. The largest absolute Gasteiger partial charge is 0.335 e. The maximum absolute atomic E-state index is 4.72. The average molecular weight is 463 g/mol. The van der Waals surface area contributed by atoms with Gasteiger partial charge in [-0.05, 0) is 55.6 Å². The highest BCUT2D eigenvalue weighted by Crippen LogP contribution is 2.34. The molecule has 0 spiro atoms. The molecule has 174 valence electrons. The number of benzene rings is 1. The molecule has 0 aliphatic heterocycles. The van der Waals surface area contributed by atoms with Crippen molar-refractivity contribution in [2.24, 2.45) is 4.99 Å². The summed E-state index contributed by atoms with van der Waals surface area (Å²) in [7, 11) is 0. The summed E-state index contributed by atoms with van der Waals surface area (Å²) >= 11 is 0. The molecule has 0 aliphatic rings. The minimum atomic E-state index is 0.518. The van der Waals surface area contributed by atoms with Crippen molar-refractivity contribution >= 4 is 29.0 Å². The third-order valence-electron chi connectivity index (χ3n) is 5.86. The molecule has 0 saturated heterocycles. The zero-order valence-corrected chi connectivity index (χ0v) is 19.7. The van der Waals surface area contributed by atoms with Gasteiger partial charge in [-0.25, -0.2) is 9.98 Å². The number of aromatic amines is 2. The van der Waals surface area contributed by atoms with Crippen LogP contribution in [0, 0.1) is 0 Å². The normalized spacial score (nSPS) is 11.8. The van der Waals surface area contributed by atoms with Crippen molar-refractivity contribution in [1.82, 2.24) is 35.5 Å². The number of aromatic nitrogens is 6. The molecule has 5 rings (SSSR count). The topological polar surface area (TPSA) is 108 Å². The Hall–Kier alpha value is -4.43. The molecule has 0 fully saturated rings. The molecule has 0 atom stereocenters. The summed E-state index contributed by atoms with van der Waals surface area (Å²) in [6.45, 7) is 9.49. The monoisotopic (exact) mass is 462 g/mol. The fourth-order valence-electron chi connectivity index (χ4n) is 4.14. The molecule has 0 radical (unpaired) electrons. The Labute approximate surface area is 203 Å². The van der Waals surface area contributed by atoms with Gasteiger partial charge >= 0.3 is 0 Å². The molecule has 8 nitrogen and oxygen atoms in total. The summed E-state index contributed by atoms with van der Waals surface area (Å²) < 4.78 is 0. The van der Waals surface area contributed by atoms with E-state index in [1.807, 2.05) is 49.8 Å². The molecule has 4 heterocycles. The summed E-state index contributed by atoms with van der Waals surface area (Å²) in [4.78, 5) is 21.0. The van der Waals surface area contributed by atoms with Crippen LogP contribution in [0.25, 0.3) is 39.1 Å². The average Bonchev–Trinajstić information content (AvgIpc) is 3.52. The fourth-order valence-corrected chi connectivity index (χ4v) is 4.14. The van der Waals surface area contributed by atoms with Crippen LogP contribution in [0.1, 0.15) is 30.7 Å². The van der Waals surface area contributed by atoms with Gasteiger partial charge in [0.2, 0.25) is 0 Å². The minimum Gasteiger partial charge on any atom is -0.335 e. The Balaban J connectivity index is 1.57. The van der Waals surface area contributed by atoms with Crippen LogP contribution in [0.15, 0.2) is 72.3 Å². The molecule has 0 unspecified atom stereocenters. The van der Waals surface area contributed by atoms with Gasteiger partial charge < -0.3 is 10.3 Å². The van der Waals surface area contributed by atoms with E-state index in [2.05, 4.69) is 67.3 Å². The smallest absolute Gasteiger partial charge is 0.178 e. The van der Waals surface area contributed by atoms with Crippen molar-refractivity contribution in [2.75, 3.05) is 6.54 Å². The van der Waals surface area contributed by atoms with Crippen molar-refractivity contribution in [3.8, 4) is 22.6 Å². The summed E-state index contributed by atoms with van der Waals surface area (Å²) in [6.07, 6.45) is 9.35. The zero-order chi connectivity index (χ0) is 24.2. The number of rotatable bonds is 8. The fraction of sp³-hybridized carbons (Fsp3) is 0.148. The maximum Gasteiger partial charge on any atom is 0.178 e. The van der Waals surface area contributed by atoms with Crippen LogP contribution >= 0.6 is 0 Å². The van der Waals surface area contributed by atoms with E-state index in [1.54, 1.807) is 6.20 Å². The van der Waals surface area contributed by atoms with Gasteiger partial charge in [-0.1, -0.05) is 25.1 Å². The van der Waals surface area contributed by atoms with Crippen molar-refractivity contribution in [2.45, 2.75) is 20.4 Å². The molecule has 0 saturated carbocycles. The zero-order valence-electron chi connectivity index (χ0n) is 19.7. The summed E-state index contributed by atoms with van der Waals surface area (Å²) in [6, 6.07) is 12.3. The lowest BCUT2D eigenvalue weighted by Crippen LogP contribution is -2.11. The Kier molecular flexibility index (Phi) is 6.28. The number of hydrogen-bond acceptors (Lipinski definition) is 6. The second-order valence-electron chi connectivity index (χ2n) is 8.08. The van der Waals surface area contributed by atoms with E-state index >= 15 is 0 Å². The highest BCUT2D eigenvalue weighted by Gasteiger charge is 2.19. The Bertz CT molecular complexity index is 1510. The number of pyridine rings is 2. The highest BCUT2D eigenvalue weighted by molar-refractivity contribution is 5.95. The Morgan fingerprint density at radius 3 is 2.80 bits per heavy atom. The van der Waals surface area contributed by atoms with Crippen molar-refractivity contribution in [3.05, 3.63) is 84.1 Å². The molecule has 0 aliphatic carbocycles. The van der Waals surface area contributed by atoms with Gasteiger partial charge in [-0.15, -0.1) is 0 Å². The molecular formula is C27H26N8. The van der Waals surface area contributed by atoms with E-state index in [4.69, 9.17) is 4.98 Å². The lowest BCUT2D eigenvalue weighted by molar-refractivity contribution is 0.724. The molecule has 0 amide bonds. The summed E-state index contributed by atoms with van der Waals surface area (Å²) in [5.74, 6) is 1.14. The van der Waals surface area contributed by atoms with E-state index in [-0.39, 0.29) is 0 Å². The van der Waals surface area contributed by atoms with Crippen molar-refractivity contribution in [3.63, 3.8) is 0 Å². The van der Waals surface area contributed by atoms with Crippen LogP contribution in [-0.4, -0.2) is 43.4 Å². The van der Waals surface area contributed by atoms with E-state index < -0.39 is 0 Å². The van der Waals surface area contributed by atoms with Crippen LogP contribution in [0.4, 0.5) is 5.82 Å². The number of hydrogen-bond donors (Lipinski definition) is 3. The first-order chi connectivity index (χ1) is 17.2. The number of nitrogens with one attached hydrogen (secondary N) is 3. The number of aliphatic imine (C=N–C) groups is 1. The lowest BCUT2D eigenvalue weighted by atomic mass is 10.0. The molecule has 3 N–H and O–H groups in total. The van der Waals surface area contributed by atoms with Gasteiger partial charge in [0.05, 0.1) is 11.2 Å². The van der Waals surface area contributed by atoms with Crippen LogP contribution in [0.2, 0.25) is 0 Å². The number of fused-ring (bicyclic) bond motifs is 1. The molecule has 1 aromatic carbocycles. The van der Waals surface area contributed by atoms with Gasteiger partial charge in [0.25, 0.3) is 0 Å². The second kappa shape index (κ2) is 9.82. The quantitative estimate of drug-likeness (QED) is 0.271. The minimum absolute atomic E-state index is 0.518. The number of allylic oxidation sites excluding steroid dienone is 1. The van der Waals surface area contributed by atoms with Crippen LogP contribution < -0.4 is 5.32 Å². The Morgan fingerprint density at radius 2 is 2.03 bits per heavy atom. The predicted molar refractivity (Wildman–Crippen MR) is 140 cm³/mol. The highest BCUT2D eigenvalue weighted by atomic mass is 15.1. The van der Waals surface area contributed by atoms with E-state index in [0.717, 1.165) is 63.2 Å². The molecule has 8 heteroatoms. The lowest BCUT2D eigenvalue weighted by Gasteiger charge is -2.06. The molecular weight excluding hydrogens is 436 g/mol. The SMILES string of the molecule is C=Nc1nc(-c2n[nH]c3ccc(-c4cncc(CNCC)c4)cc23)[nH]c1/C(=C\C)c1cccnc1. The molecule has 0 bridgehead atoms. The van der Waals surface area contributed by atoms with Gasteiger partial charge in [0.15, 0.2) is 11.6 Å². The van der Waals surface area contributed by atoms with Gasteiger partial charge in [-0.3, -0.25) is 15.1 Å². The third-order valence-corrected chi connectivity index (χ3v) is 5.86. The van der Waals surface area contributed by atoms with Gasteiger partial charge in [0.1, 0.15) is 5.69 Å². The first kappa shape index (κ1) is 22.4. The standard InChI is InChI=1S/C27H26N8/c1-4-21(19-7-6-10-30-15-19)24-26(28-3)33-27(32-24)25-22-12-18(8-9-23(22)34-35-25)20-11-17(13-29-5-2)14-31-16-20/h4,6-12,14-16,29H,3,5,13H2,1-2H3,(H,32,33)(H,34,35)/b21-4-. The van der Waals surface area contributed by atoms with E-state index in [9.17, 15) is 0 Å². The van der Waals surface area contributed by atoms with E-state index in [0.29, 0.717) is 11.6 Å². The third kappa shape index (κ3) is 4.39. The molecule has 4 aromatic heterocycles. The predicted octanol–water partition coefficient (Wildman–Crippen LogP) is 5.30. The first-order valence-electron chi connectivity index (χ1n) is 11.5. The maximum atomic E-state index is 4.72. The van der Waals surface area contributed by atoms with E-state index in [1.165, 1.54) is 0 Å². The number of imidazole rings is 1. The van der Waals surface area contributed by atoms with Gasteiger partial charge in [-0.2, -0.15) is 5.10 Å². The van der Waals surface area contributed by atoms with Crippen LogP contribution in [-0.2, 0) is 6.54 Å². The second-order valence-corrected chi connectivity index (χ2v) is 8.08. The van der Waals surface area contributed by atoms with Crippen LogP contribution in [0.3, 0.4) is 0 Å². The molecule has 35 heavy (non-hydrogen) atoms. The Morgan fingerprint density at radius 1 is 1.11 bits per heavy atom. The van der Waals surface area contributed by atoms with Crippen molar-refractivity contribution < 1.29 is 0 Å². The van der Waals surface area contributed by atoms with Crippen molar-refractivity contribution in [1.29, 1.82) is 0 Å².